The summed E-state index contributed by atoms with van der Waals surface area (Å²) in [5.41, 5.74) is 0.767. The van der Waals surface area contributed by atoms with Crippen LogP contribution in [0.4, 0.5) is 5.69 Å². The van der Waals surface area contributed by atoms with E-state index >= 15 is 0 Å². The van der Waals surface area contributed by atoms with Crippen molar-refractivity contribution < 1.29 is 14.6 Å². The van der Waals surface area contributed by atoms with Gasteiger partial charge in [0.15, 0.2) is 0 Å². The first-order chi connectivity index (χ1) is 9.28. The van der Waals surface area contributed by atoms with Crippen LogP contribution in [0.25, 0.3) is 0 Å². The van der Waals surface area contributed by atoms with E-state index in [9.17, 15) is 9.90 Å². The Morgan fingerprint density at radius 3 is 2.53 bits per heavy atom. The van der Waals surface area contributed by atoms with Crippen LogP contribution in [0, 0.1) is 5.92 Å². The van der Waals surface area contributed by atoms with Gasteiger partial charge in [0.05, 0.1) is 12.7 Å². The van der Waals surface area contributed by atoms with Gasteiger partial charge in [0.2, 0.25) is 6.41 Å². The van der Waals surface area contributed by atoms with E-state index in [0.29, 0.717) is 18.9 Å². The summed E-state index contributed by atoms with van der Waals surface area (Å²) < 4.78 is 5.69. The first-order valence-electron chi connectivity index (χ1n) is 6.89. The van der Waals surface area contributed by atoms with Gasteiger partial charge in [-0.1, -0.05) is 0 Å². The van der Waals surface area contributed by atoms with Crippen LogP contribution in [-0.4, -0.2) is 24.2 Å². The zero-order valence-electron chi connectivity index (χ0n) is 11.0. The largest absolute Gasteiger partial charge is 0.494 e. The minimum atomic E-state index is -0.0879. The lowest BCUT2D eigenvalue weighted by molar-refractivity contribution is -0.105. The molecule has 0 atom stereocenters. The zero-order chi connectivity index (χ0) is 13.5. The van der Waals surface area contributed by atoms with E-state index in [1.165, 1.54) is 0 Å². The summed E-state index contributed by atoms with van der Waals surface area (Å²) in [6.07, 6.45) is 5.68. The smallest absolute Gasteiger partial charge is 0.211 e. The van der Waals surface area contributed by atoms with Crippen LogP contribution >= 0.6 is 0 Å². The number of aliphatic hydroxyl groups excluding tert-OH is 1. The maximum Gasteiger partial charge on any atom is 0.211 e. The summed E-state index contributed by atoms with van der Waals surface area (Å²) in [6, 6.07) is 7.36. The highest BCUT2D eigenvalue weighted by atomic mass is 16.5. The molecule has 0 unspecified atom stereocenters. The van der Waals surface area contributed by atoms with Gasteiger partial charge in [0.25, 0.3) is 0 Å². The van der Waals surface area contributed by atoms with Crippen molar-refractivity contribution in [2.24, 2.45) is 5.92 Å². The molecule has 0 heterocycles. The minimum absolute atomic E-state index is 0.0879. The summed E-state index contributed by atoms with van der Waals surface area (Å²) in [5, 5.41) is 12.0. The Morgan fingerprint density at radius 1 is 1.21 bits per heavy atom. The zero-order valence-corrected chi connectivity index (χ0v) is 11.0. The molecule has 4 nitrogen and oxygen atoms in total. The first-order valence-corrected chi connectivity index (χ1v) is 6.89. The van der Waals surface area contributed by atoms with Crippen LogP contribution in [0.5, 0.6) is 5.75 Å². The summed E-state index contributed by atoms with van der Waals surface area (Å²) in [6.45, 7) is 0.710. The third kappa shape index (κ3) is 4.56. The summed E-state index contributed by atoms with van der Waals surface area (Å²) in [4.78, 5) is 10.3. The average Bonchev–Trinajstić information content (AvgIpc) is 2.43. The number of anilines is 1. The molecule has 0 radical (unpaired) electrons. The Bertz CT molecular complexity index is 383. The SMILES string of the molecule is O=CNc1ccc(OCCC2CCC(O)CC2)cc1. The predicted octanol–water partition coefficient (Wildman–Crippen LogP) is 2.57. The lowest BCUT2D eigenvalue weighted by Crippen LogP contribution is -2.19. The van der Waals surface area contributed by atoms with Crippen molar-refractivity contribution in [1.82, 2.24) is 0 Å². The van der Waals surface area contributed by atoms with Gasteiger partial charge in [-0.05, 0) is 62.3 Å². The third-order valence-corrected chi connectivity index (χ3v) is 3.69. The molecule has 1 saturated carbocycles. The van der Waals surface area contributed by atoms with Gasteiger partial charge in [-0.3, -0.25) is 4.79 Å². The lowest BCUT2D eigenvalue weighted by atomic mass is 9.86. The third-order valence-electron chi connectivity index (χ3n) is 3.69. The highest BCUT2D eigenvalue weighted by Crippen LogP contribution is 2.27. The van der Waals surface area contributed by atoms with Gasteiger partial charge in [-0.15, -0.1) is 0 Å². The van der Waals surface area contributed by atoms with E-state index in [4.69, 9.17) is 4.74 Å². The highest BCUT2D eigenvalue weighted by Gasteiger charge is 2.18. The molecule has 0 aromatic heterocycles. The van der Waals surface area contributed by atoms with E-state index in [1.54, 1.807) is 0 Å². The van der Waals surface area contributed by atoms with E-state index in [-0.39, 0.29) is 6.10 Å². The number of hydrogen-bond donors (Lipinski definition) is 2. The molecule has 2 N–H and O–H groups in total. The molecule has 0 bridgehead atoms. The topological polar surface area (TPSA) is 58.6 Å². The predicted molar refractivity (Wildman–Crippen MR) is 74.2 cm³/mol. The molecule has 1 aromatic carbocycles. The molecular formula is C15H21NO3. The molecule has 1 amide bonds. The van der Waals surface area contributed by atoms with Crippen molar-refractivity contribution in [2.75, 3.05) is 11.9 Å². The molecule has 4 heteroatoms. The van der Waals surface area contributed by atoms with Crippen molar-refractivity contribution in [3.63, 3.8) is 0 Å². The second-order valence-electron chi connectivity index (χ2n) is 5.10. The van der Waals surface area contributed by atoms with Crippen molar-refractivity contribution in [3.05, 3.63) is 24.3 Å². The van der Waals surface area contributed by atoms with Gasteiger partial charge in [0.1, 0.15) is 5.75 Å². The summed E-state index contributed by atoms with van der Waals surface area (Å²) in [7, 11) is 0. The number of amides is 1. The van der Waals surface area contributed by atoms with Crippen LogP contribution < -0.4 is 10.1 Å². The van der Waals surface area contributed by atoms with E-state index in [2.05, 4.69) is 5.32 Å². The number of nitrogens with one attached hydrogen (secondary N) is 1. The maximum atomic E-state index is 10.3. The fraction of sp³-hybridized carbons (Fsp3) is 0.533. The lowest BCUT2D eigenvalue weighted by Gasteiger charge is -2.25. The van der Waals surface area contributed by atoms with Gasteiger partial charge >= 0.3 is 0 Å². The Kier molecular flexibility index (Phi) is 5.21. The van der Waals surface area contributed by atoms with Crippen LogP contribution in [0.3, 0.4) is 0 Å². The molecule has 1 fully saturated rings. The fourth-order valence-corrected chi connectivity index (χ4v) is 2.49. The Balaban J connectivity index is 1.69. The van der Waals surface area contributed by atoms with Gasteiger partial charge < -0.3 is 15.2 Å². The van der Waals surface area contributed by atoms with Crippen LogP contribution in [-0.2, 0) is 4.79 Å². The molecule has 19 heavy (non-hydrogen) atoms. The molecule has 0 spiro atoms. The first kappa shape index (κ1) is 13.9. The maximum absolute atomic E-state index is 10.3. The highest BCUT2D eigenvalue weighted by molar-refractivity contribution is 5.71. The Labute approximate surface area is 113 Å². The number of ether oxygens (including phenoxy) is 1. The van der Waals surface area contributed by atoms with Crippen LogP contribution in [0.2, 0.25) is 0 Å². The number of aliphatic hydroxyl groups is 1. The van der Waals surface area contributed by atoms with Gasteiger partial charge in [-0.25, -0.2) is 0 Å². The van der Waals surface area contributed by atoms with Crippen LogP contribution in [0.15, 0.2) is 24.3 Å². The van der Waals surface area contributed by atoms with E-state index in [1.807, 2.05) is 24.3 Å². The molecule has 2 rings (SSSR count). The molecule has 1 aliphatic rings. The van der Waals surface area contributed by atoms with Crippen LogP contribution in [0.1, 0.15) is 32.1 Å². The molecular weight excluding hydrogens is 242 g/mol. The number of rotatable bonds is 6. The normalized spacial score (nSPS) is 22.8. The molecule has 1 aromatic rings. The Morgan fingerprint density at radius 2 is 1.89 bits per heavy atom. The standard InChI is InChI=1S/C15H21NO3/c17-11-16-13-3-7-15(8-4-13)19-10-9-12-1-5-14(18)6-2-12/h3-4,7-8,11-12,14,18H,1-2,5-6,9-10H2,(H,16,17). The number of hydrogen-bond acceptors (Lipinski definition) is 3. The molecule has 104 valence electrons. The average molecular weight is 263 g/mol. The minimum Gasteiger partial charge on any atom is -0.494 e. The number of benzene rings is 1. The van der Waals surface area contributed by atoms with Crippen molar-refractivity contribution >= 4 is 12.1 Å². The second-order valence-corrected chi connectivity index (χ2v) is 5.10. The van der Waals surface area contributed by atoms with Gasteiger partial charge in [-0.2, -0.15) is 0 Å². The summed E-state index contributed by atoms with van der Waals surface area (Å²) in [5.74, 6) is 1.51. The second kappa shape index (κ2) is 7.14. The van der Waals surface area contributed by atoms with Crippen molar-refractivity contribution in [1.29, 1.82) is 0 Å². The molecule has 1 aliphatic carbocycles. The van der Waals surface area contributed by atoms with Crippen molar-refractivity contribution in [2.45, 2.75) is 38.2 Å². The Hall–Kier alpha value is -1.55. The van der Waals surface area contributed by atoms with Gasteiger partial charge in [0, 0.05) is 5.69 Å². The quantitative estimate of drug-likeness (QED) is 0.775. The van der Waals surface area contributed by atoms with E-state index in [0.717, 1.165) is 43.5 Å². The van der Waals surface area contributed by atoms with E-state index < -0.39 is 0 Å². The molecule has 0 saturated heterocycles. The fourth-order valence-electron chi connectivity index (χ4n) is 2.49. The van der Waals surface area contributed by atoms with Crippen molar-refractivity contribution in [3.8, 4) is 5.75 Å². The monoisotopic (exact) mass is 263 g/mol. The summed E-state index contributed by atoms with van der Waals surface area (Å²) >= 11 is 0. The molecule has 0 aliphatic heterocycles. The number of carbonyl (C=O) groups excluding carboxylic acids is 1. The number of carbonyl (C=O) groups is 1.